The molecule has 0 N–H and O–H groups in total. The quantitative estimate of drug-likeness (QED) is 0.182. The molecule has 0 aliphatic heterocycles. The lowest BCUT2D eigenvalue weighted by atomic mass is 9.92. The summed E-state index contributed by atoms with van der Waals surface area (Å²) < 4.78 is 5.58. The Kier molecular flexibility index (Phi) is 6.31. The first-order valence-corrected chi connectivity index (χ1v) is 15.2. The predicted octanol–water partition coefficient (Wildman–Crippen LogP) is 11.3. The summed E-state index contributed by atoms with van der Waals surface area (Å²) >= 11 is 3.60. The van der Waals surface area contributed by atoms with Gasteiger partial charge in [0.15, 0.2) is 0 Å². The lowest BCUT2D eigenvalue weighted by Crippen LogP contribution is -1.91. The number of benzene rings is 6. The van der Waals surface area contributed by atoms with E-state index in [1.165, 1.54) is 66.6 Å². The van der Waals surface area contributed by atoms with Crippen LogP contribution in [0, 0.1) is 0 Å². The van der Waals surface area contributed by atoms with Gasteiger partial charge in [-0.25, -0.2) is 0 Å². The van der Waals surface area contributed by atoms with Crippen LogP contribution in [-0.4, -0.2) is 9.13 Å². The summed E-state index contributed by atoms with van der Waals surface area (Å²) in [4.78, 5) is 0. The van der Waals surface area contributed by atoms with Gasteiger partial charge in [-0.3, -0.25) is 0 Å². The Hall–Kier alpha value is -5.12. The Morgan fingerprint density at radius 1 is 0.349 bits per heavy atom. The highest BCUT2D eigenvalue weighted by atomic mass is 79.9. The molecule has 8 rings (SSSR count). The van der Waals surface area contributed by atoms with Crippen LogP contribution in [0.2, 0.25) is 0 Å². The topological polar surface area (TPSA) is 9.86 Å². The largest absolute Gasteiger partial charge is 0.317 e. The van der Waals surface area contributed by atoms with Gasteiger partial charge in [-0.05, 0) is 124 Å². The third kappa shape index (κ3) is 4.78. The highest BCUT2D eigenvalue weighted by Gasteiger charge is 2.12. The van der Waals surface area contributed by atoms with Crippen molar-refractivity contribution in [1.29, 1.82) is 0 Å². The highest BCUT2D eigenvalue weighted by Crippen LogP contribution is 2.36. The van der Waals surface area contributed by atoms with E-state index < -0.39 is 0 Å². The highest BCUT2D eigenvalue weighted by molar-refractivity contribution is 9.10. The van der Waals surface area contributed by atoms with Gasteiger partial charge in [0.25, 0.3) is 0 Å². The predicted molar refractivity (Wildman–Crippen MR) is 184 cm³/mol. The maximum atomic E-state index is 3.60. The van der Waals surface area contributed by atoms with Gasteiger partial charge in [-0.15, -0.1) is 0 Å². The van der Waals surface area contributed by atoms with Gasteiger partial charge in [0.05, 0.1) is 11.0 Å². The Labute approximate surface area is 259 Å². The van der Waals surface area contributed by atoms with Gasteiger partial charge < -0.3 is 9.13 Å². The Balaban J connectivity index is 1.25. The zero-order valence-electron chi connectivity index (χ0n) is 23.4. The minimum Gasteiger partial charge on any atom is -0.317 e. The third-order valence-electron chi connectivity index (χ3n) is 8.23. The molecule has 0 bridgehead atoms. The Morgan fingerprint density at radius 2 is 0.767 bits per heavy atom. The molecule has 6 aromatic carbocycles. The molecule has 2 nitrogen and oxygen atoms in total. The number of hydrogen-bond acceptors (Lipinski definition) is 0. The van der Waals surface area contributed by atoms with Crippen molar-refractivity contribution in [3.8, 4) is 44.8 Å². The summed E-state index contributed by atoms with van der Waals surface area (Å²) in [5.41, 5.74) is 11.9. The van der Waals surface area contributed by atoms with Crippen LogP contribution in [0.15, 0.2) is 169 Å². The van der Waals surface area contributed by atoms with E-state index in [0.29, 0.717) is 0 Å². The molecule has 0 amide bonds. The van der Waals surface area contributed by atoms with E-state index >= 15 is 0 Å². The van der Waals surface area contributed by atoms with E-state index in [0.717, 1.165) is 4.47 Å². The molecule has 3 heteroatoms. The first kappa shape index (κ1) is 25.6. The second-order valence-corrected chi connectivity index (χ2v) is 11.8. The van der Waals surface area contributed by atoms with Crippen LogP contribution in [0.5, 0.6) is 0 Å². The zero-order valence-corrected chi connectivity index (χ0v) is 24.9. The van der Waals surface area contributed by atoms with Crippen LogP contribution >= 0.6 is 15.9 Å². The van der Waals surface area contributed by atoms with E-state index in [4.69, 9.17) is 0 Å². The standard InChI is InChI=1S/C40H27BrN2/c41-36-15-11-28(12-16-36)33-25-34(29-13-17-39-31(23-29)19-21-42(39)37-7-3-1-4-8-37)27-35(26-33)30-14-18-40-32(24-30)20-22-43(40)38-9-5-2-6-10-38/h1-27H. The summed E-state index contributed by atoms with van der Waals surface area (Å²) in [7, 11) is 0. The fourth-order valence-electron chi connectivity index (χ4n) is 6.04. The molecular formula is C40H27BrN2. The van der Waals surface area contributed by atoms with E-state index in [9.17, 15) is 0 Å². The van der Waals surface area contributed by atoms with Crippen molar-refractivity contribution in [2.75, 3.05) is 0 Å². The Morgan fingerprint density at radius 3 is 1.23 bits per heavy atom. The van der Waals surface area contributed by atoms with Crippen LogP contribution in [-0.2, 0) is 0 Å². The molecule has 8 aromatic rings. The van der Waals surface area contributed by atoms with Crippen molar-refractivity contribution in [2.24, 2.45) is 0 Å². The molecule has 0 fully saturated rings. The lowest BCUT2D eigenvalue weighted by molar-refractivity contribution is 1.13. The molecule has 0 unspecified atom stereocenters. The maximum absolute atomic E-state index is 3.60. The molecule has 0 aliphatic rings. The SMILES string of the molecule is Brc1ccc(-c2cc(-c3ccc4c(ccn4-c4ccccc4)c3)cc(-c3ccc4c(ccn4-c4ccccc4)c3)c2)cc1. The number of aromatic nitrogens is 2. The molecule has 0 saturated carbocycles. The molecule has 0 radical (unpaired) electrons. The number of nitrogens with zero attached hydrogens (tertiary/aromatic N) is 2. The molecular weight excluding hydrogens is 588 g/mol. The average molecular weight is 616 g/mol. The second-order valence-electron chi connectivity index (χ2n) is 10.9. The summed E-state index contributed by atoms with van der Waals surface area (Å²) in [5.74, 6) is 0. The van der Waals surface area contributed by atoms with Gasteiger partial charge in [0, 0.05) is 39.0 Å². The minimum absolute atomic E-state index is 1.08. The van der Waals surface area contributed by atoms with Gasteiger partial charge >= 0.3 is 0 Å². The second kappa shape index (κ2) is 10.6. The maximum Gasteiger partial charge on any atom is 0.0528 e. The van der Waals surface area contributed by atoms with Crippen LogP contribution in [0.1, 0.15) is 0 Å². The van der Waals surface area contributed by atoms with Crippen LogP contribution in [0.25, 0.3) is 66.6 Å². The number of halogens is 1. The fraction of sp³-hybridized carbons (Fsp3) is 0. The van der Waals surface area contributed by atoms with Crippen molar-refractivity contribution in [1.82, 2.24) is 9.13 Å². The van der Waals surface area contributed by atoms with Crippen molar-refractivity contribution in [2.45, 2.75) is 0 Å². The van der Waals surface area contributed by atoms with Gasteiger partial charge in [0.2, 0.25) is 0 Å². The monoisotopic (exact) mass is 614 g/mol. The summed E-state index contributed by atoms with van der Waals surface area (Å²) in [5, 5.41) is 2.45. The van der Waals surface area contributed by atoms with Crippen molar-refractivity contribution in [3.05, 3.63) is 169 Å². The molecule has 43 heavy (non-hydrogen) atoms. The summed E-state index contributed by atoms with van der Waals surface area (Å²) in [6, 6.07) is 54.5. The smallest absolute Gasteiger partial charge is 0.0528 e. The number of hydrogen-bond donors (Lipinski definition) is 0. The molecule has 0 aliphatic carbocycles. The van der Waals surface area contributed by atoms with Crippen molar-refractivity contribution >= 4 is 37.7 Å². The van der Waals surface area contributed by atoms with Crippen LogP contribution < -0.4 is 0 Å². The molecule has 204 valence electrons. The number of fused-ring (bicyclic) bond motifs is 2. The summed E-state index contributed by atoms with van der Waals surface area (Å²) in [6.07, 6.45) is 4.31. The van der Waals surface area contributed by atoms with E-state index in [-0.39, 0.29) is 0 Å². The Bertz CT molecular complexity index is 2090. The van der Waals surface area contributed by atoms with E-state index in [2.05, 4.69) is 189 Å². The third-order valence-corrected chi connectivity index (χ3v) is 8.76. The average Bonchev–Trinajstić information content (AvgIpc) is 3.70. The first-order chi connectivity index (χ1) is 21.2. The van der Waals surface area contributed by atoms with E-state index in [1.54, 1.807) is 0 Å². The minimum atomic E-state index is 1.08. The van der Waals surface area contributed by atoms with Gasteiger partial charge in [0.1, 0.15) is 0 Å². The van der Waals surface area contributed by atoms with Crippen LogP contribution in [0.4, 0.5) is 0 Å². The molecule has 0 saturated heterocycles. The molecule has 0 atom stereocenters. The molecule has 2 aromatic heterocycles. The van der Waals surface area contributed by atoms with Gasteiger partial charge in [-0.2, -0.15) is 0 Å². The van der Waals surface area contributed by atoms with Crippen molar-refractivity contribution < 1.29 is 0 Å². The van der Waals surface area contributed by atoms with E-state index in [1.807, 2.05) is 0 Å². The van der Waals surface area contributed by atoms with Gasteiger partial charge in [-0.1, -0.05) is 76.6 Å². The summed E-state index contributed by atoms with van der Waals surface area (Å²) in [6.45, 7) is 0. The lowest BCUT2D eigenvalue weighted by Gasteiger charge is -2.13. The first-order valence-electron chi connectivity index (χ1n) is 14.4. The normalized spacial score (nSPS) is 11.4. The number of rotatable bonds is 5. The van der Waals surface area contributed by atoms with Crippen molar-refractivity contribution in [3.63, 3.8) is 0 Å². The fourth-order valence-corrected chi connectivity index (χ4v) is 6.31. The zero-order chi connectivity index (χ0) is 28.8. The molecule has 0 spiro atoms. The van der Waals surface area contributed by atoms with Crippen LogP contribution in [0.3, 0.4) is 0 Å². The molecule has 2 heterocycles. The number of para-hydroxylation sites is 2.